The van der Waals surface area contributed by atoms with Crippen LogP contribution in [-0.4, -0.2) is 16.1 Å². The van der Waals surface area contributed by atoms with Gasteiger partial charge in [0.25, 0.3) is 0 Å². The SMILES string of the molecule is O=CC#CP(=O)(O)O. The summed E-state index contributed by atoms with van der Waals surface area (Å²) in [5, 5.41) is 0. The molecular formula is C3H3O4P. The summed E-state index contributed by atoms with van der Waals surface area (Å²) < 4.78 is 9.75. The van der Waals surface area contributed by atoms with Gasteiger partial charge in [-0.3, -0.25) is 4.79 Å². The number of aldehydes is 1. The Balaban J connectivity index is 4.09. The lowest BCUT2D eigenvalue weighted by atomic mass is 10.8. The first-order valence-corrected chi connectivity index (χ1v) is 3.19. The third kappa shape index (κ3) is 5.38. The third-order valence-corrected chi connectivity index (χ3v) is 0.690. The van der Waals surface area contributed by atoms with Gasteiger partial charge in [0.1, 0.15) is 0 Å². The van der Waals surface area contributed by atoms with Gasteiger partial charge >= 0.3 is 7.60 Å². The van der Waals surface area contributed by atoms with E-state index in [-0.39, 0.29) is 6.29 Å². The van der Waals surface area contributed by atoms with Crippen LogP contribution in [0.2, 0.25) is 0 Å². The molecule has 0 unspecified atom stereocenters. The van der Waals surface area contributed by atoms with Crippen LogP contribution in [-0.2, 0) is 9.36 Å². The standard InChI is InChI=1S/C3H3O4P/c4-2-1-3-8(5,6)7/h2H,(H2,5,6,7). The fourth-order valence-corrected chi connectivity index (χ4v) is 0.331. The molecule has 0 saturated carbocycles. The summed E-state index contributed by atoms with van der Waals surface area (Å²) in [4.78, 5) is 25.2. The molecule has 0 radical (unpaired) electrons. The van der Waals surface area contributed by atoms with Gasteiger partial charge in [-0.05, 0) is 5.92 Å². The van der Waals surface area contributed by atoms with Crippen molar-refractivity contribution in [3.63, 3.8) is 0 Å². The van der Waals surface area contributed by atoms with Gasteiger partial charge in [0, 0.05) is 5.66 Å². The van der Waals surface area contributed by atoms with Crippen molar-refractivity contribution in [2.24, 2.45) is 0 Å². The van der Waals surface area contributed by atoms with E-state index >= 15 is 0 Å². The van der Waals surface area contributed by atoms with Crippen molar-refractivity contribution in [3.05, 3.63) is 0 Å². The molecule has 0 spiro atoms. The predicted molar refractivity (Wildman–Crippen MR) is 25.9 cm³/mol. The molecule has 0 aliphatic rings. The normalized spacial score (nSPS) is 9.25. The number of hydrogen-bond acceptors (Lipinski definition) is 2. The van der Waals surface area contributed by atoms with Crippen LogP contribution in [0.25, 0.3) is 0 Å². The molecule has 2 N–H and O–H groups in total. The molecule has 0 heterocycles. The van der Waals surface area contributed by atoms with Crippen LogP contribution in [0.5, 0.6) is 0 Å². The van der Waals surface area contributed by atoms with Crippen molar-refractivity contribution >= 4 is 13.9 Å². The average molecular weight is 134 g/mol. The van der Waals surface area contributed by atoms with Gasteiger partial charge in [-0.2, -0.15) is 0 Å². The zero-order chi connectivity index (χ0) is 6.62. The number of rotatable bonds is 0. The molecule has 0 aromatic rings. The zero-order valence-electron chi connectivity index (χ0n) is 3.74. The maximum Gasteiger partial charge on any atom is 0.400 e. The van der Waals surface area contributed by atoms with Gasteiger partial charge in [0.2, 0.25) is 0 Å². The third-order valence-electron chi connectivity index (χ3n) is 0.269. The topological polar surface area (TPSA) is 74.6 Å². The van der Waals surface area contributed by atoms with Crippen LogP contribution in [0.15, 0.2) is 0 Å². The van der Waals surface area contributed by atoms with Crippen LogP contribution >= 0.6 is 7.60 Å². The summed E-state index contributed by atoms with van der Waals surface area (Å²) in [5.74, 6) is 1.59. The second kappa shape index (κ2) is 2.63. The molecule has 4 nitrogen and oxygen atoms in total. The van der Waals surface area contributed by atoms with Gasteiger partial charge < -0.3 is 9.79 Å². The van der Waals surface area contributed by atoms with Crippen molar-refractivity contribution in [2.75, 3.05) is 0 Å². The zero-order valence-corrected chi connectivity index (χ0v) is 4.63. The van der Waals surface area contributed by atoms with E-state index in [0.717, 1.165) is 0 Å². The van der Waals surface area contributed by atoms with E-state index in [2.05, 4.69) is 0 Å². The Morgan fingerprint density at radius 1 is 1.50 bits per heavy atom. The van der Waals surface area contributed by atoms with E-state index in [1.807, 2.05) is 0 Å². The van der Waals surface area contributed by atoms with Gasteiger partial charge in [0.15, 0.2) is 6.29 Å². The van der Waals surface area contributed by atoms with E-state index in [4.69, 9.17) is 9.79 Å². The average Bonchev–Trinajstić information content (AvgIpc) is 1.59. The summed E-state index contributed by atoms with van der Waals surface area (Å²) in [6.45, 7) is 0. The smallest absolute Gasteiger partial charge is 0.315 e. The maximum absolute atomic E-state index is 9.75. The molecule has 0 bridgehead atoms. The summed E-state index contributed by atoms with van der Waals surface area (Å²) in [6.07, 6.45) is 0.124. The van der Waals surface area contributed by atoms with Crippen LogP contribution in [0.3, 0.4) is 0 Å². The summed E-state index contributed by atoms with van der Waals surface area (Å²) in [6, 6.07) is 0. The van der Waals surface area contributed by atoms with E-state index in [1.54, 1.807) is 5.92 Å². The number of hydrogen-bond donors (Lipinski definition) is 2. The molecule has 0 rings (SSSR count). The van der Waals surface area contributed by atoms with Gasteiger partial charge in [-0.15, -0.1) is 0 Å². The minimum Gasteiger partial charge on any atom is -0.315 e. The molecule has 0 aliphatic heterocycles. The Morgan fingerprint density at radius 3 is 2.12 bits per heavy atom. The highest BCUT2D eigenvalue weighted by atomic mass is 31.2. The van der Waals surface area contributed by atoms with Crippen molar-refractivity contribution < 1.29 is 19.1 Å². The van der Waals surface area contributed by atoms with Crippen molar-refractivity contribution in [1.29, 1.82) is 0 Å². The highest BCUT2D eigenvalue weighted by Crippen LogP contribution is 2.31. The molecule has 0 fully saturated rings. The number of carbonyl (C=O) groups is 1. The van der Waals surface area contributed by atoms with E-state index in [9.17, 15) is 9.36 Å². The molecule has 0 aromatic heterocycles. The quantitative estimate of drug-likeness (QED) is 0.261. The lowest BCUT2D eigenvalue weighted by Gasteiger charge is -1.84. The van der Waals surface area contributed by atoms with Crippen LogP contribution in [0, 0.1) is 11.6 Å². The highest BCUT2D eigenvalue weighted by Gasteiger charge is 2.04. The lowest BCUT2D eigenvalue weighted by Crippen LogP contribution is -1.69. The Morgan fingerprint density at radius 2 is 2.00 bits per heavy atom. The highest BCUT2D eigenvalue weighted by molar-refractivity contribution is 7.57. The Labute approximate surface area is 45.7 Å². The molecular weight excluding hydrogens is 131 g/mol. The second-order valence-electron chi connectivity index (χ2n) is 0.918. The summed E-state index contributed by atoms with van der Waals surface area (Å²) >= 11 is 0. The first kappa shape index (κ1) is 7.38. The van der Waals surface area contributed by atoms with E-state index in [0.29, 0.717) is 0 Å². The molecule has 0 aromatic carbocycles. The molecule has 0 atom stereocenters. The predicted octanol–water partition coefficient (Wildman–Crippen LogP) is -0.676. The van der Waals surface area contributed by atoms with Crippen molar-refractivity contribution in [1.82, 2.24) is 0 Å². The summed E-state index contributed by atoms with van der Waals surface area (Å²) in [7, 11) is -4.27. The van der Waals surface area contributed by atoms with Crippen molar-refractivity contribution in [3.8, 4) is 11.6 Å². The number of carbonyl (C=O) groups excluding carboxylic acids is 1. The first-order valence-electron chi connectivity index (χ1n) is 1.58. The van der Waals surface area contributed by atoms with E-state index in [1.165, 1.54) is 5.66 Å². The lowest BCUT2D eigenvalue weighted by molar-refractivity contribution is -0.103. The Hall–Kier alpha value is -0.620. The molecule has 0 amide bonds. The minimum absolute atomic E-state index is 0.124. The molecule has 0 aliphatic carbocycles. The summed E-state index contributed by atoms with van der Waals surface area (Å²) in [5.41, 5.74) is 1.42. The Kier molecular flexibility index (Phi) is 2.43. The fraction of sp³-hybridized carbons (Fsp3) is 0. The molecule has 0 saturated heterocycles. The molecule has 8 heavy (non-hydrogen) atoms. The second-order valence-corrected chi connectivity index (χ2v) is 2.23. The fourth-order valence-electron chi connectivity index (χ4n) is 0.110. The van der Waals surface area contributed by atoms with Crippen LogP contribution in [0.4, 0.5) is 0 Å². The maximum atomic E-state index is 9.75. The molecule has 5 heteroatoms. The van der Waals surface area contributed by atoms with Gasteiger partial charge in [-0.25, -0.2) is 4.57 Å². The van der Waals surface area contributed by atoms with Crippen molar-refractivity contribution in [2.45, 2.75) is 0 Å². The van der Waals surface area contributed by atoms with Gasteiger partial charge in [0.05, 0.1) is 0 Å². The Bertz CT molecular complexity index is 179. The molecule has 44 valence electrons. The minimum atomic E-state index is -4.27. The van der Waals surface area contributed by atoms with Crippen LogP contribution in [0.1, 0.15) is 0 Å². The monoisotopic (exact) mass is 134 g/mol. The van der Waals surface area contributed by atoms with Gasteiger partial charge in [-0.1, -0.05) is 0 Å². The largest absolute Gasteiger partial charge is 0.400 e. The van der Waals surface area contributed by atoms with Crippen LogP contribution < -0.4 is 0 Å². The van der Waals surface area contributed by atoms with E-state index < -0.39 is 7.60 Å². The first-order chi connectivity index (χ1) is 3.56.